The molecule has 0 aliphatic carbocycles. The topological polar surface area (TPSA) is 17.1 Å². The first-order valence-corrected chi connectivity index (χ1v) is 9.58. The number of benzene rings is 2. The van der Waals surface area contributed by atoms with E-state index < -0.39 is 35.1 Å². The fourth-order valence-corrected chi connectivity index (χ4v) is 4.02. The first-order valence-electron chi connectivity index (χ1n) is 8.77. The monoisotopic (exact) mass is 448 g/mol. The summed E-state index contributed by atoms with van der Waals surface area (Å²) in [5.41, 5.74) is -0.913. The average molecular weight is 448 g/mol. The van der Waals surface area contributed by atoms with Crippen molar-refractivity contribution in [1.82, 2.24) is 0 Å². The highest BCUT2D eigenvalue weighted by molar-refractivity contribution is 8.00. The molecule has 30 heavy (non-hydrogen) atoms. The summed E-state index contributed by atoms with van der Waals surface area (Å²) in [4.78, 5) is 12.4. The van der Waals surface area contributed by atoms with Crippen LogP contribution in [0.2, 0.25) is 0 Å². The number of alkyl halides is 7. The second-order valence-corrected chi connectivity index (χ2v) is 8.05. The molecule has 0 atom stereocenters. The molecule has 9 heteroatoms. The van der Waals surface area contributed by atoms with E-state index in [1.807, 2.05) is 0 Å². The Morgan fingerprint density at radius 2 is 1.70 bits per heavy atom. The SMILES string of the molecule is C=C(CCC(=O)c1ccc2c(c1)CC(F)(F)C(F)(F)S2)c1ccccc1C(F)(F)F. The van der Waals surface area contributed by atoms with Gasteiger partial charge in [-0.15, -0.1) is 0 Å². The minimum atomic E-state index is -4.58. The van der Waals surface area contributed by atoms with Gasteiger partial charge in [0.2, 0.25) is 0 Å². The van der Waals surface area contributed by atoms with Gasteiger partial charge < -0.3 is 0 Å². The Hall–Kier alpha value is -2.29. The fourth-order valence-electron chi connectivity index (χ4n) is 3.13. The number of fused-ring (bicyclic) bond motifs is 1. The van der Waals surface area contributed by atoms with Crippen LogP contribution in [0.15, 0.2) is 53.9 Å². The Labute approximate surface area is 172 Å². The molecule has 160 valence electrons. The summed E-state index contributed by atoms with van der Waals surface area (Å²) in [6.07, 6.45) is -6.06. The highest BCUT2D eigenvalue weighted by atomic mass is 32.2. The number of Topliss-reactive ketones (excluding diaryl/α,β-unsaturated/α-hetero) is 1. The quantitative estimate of drug-likeness (QED) is 0.354. The van der Waals surface area contributed by atoms with Crippen molar-refractivity contribution in [2.45, 2.75) is 41.5 Å². The average Bonchev–Trinajstić information content (AvgIpc) is 2.65. The first-order chi connectivity index (χ1) is 13.8. The van der Waals surface area contributed by atoms with E-state index in [0.29, 0.717) is 0 Å². The molecule has 0 bridgehead atoms. The number of ketones is 1. The zero-order valence-electron chi connectivity index (χ0n) is 15.3. The standard InChI is InChI=1S/C21H15F7OS/c1-12(15-4-2-3-5-16(15)20(24,25)26)6-8-17(29)13-7-9-18-14(10-13)11-19(22,23)21(27,28)30-18/h2-5,7,9-10H,1,6,8,11H2. The largest absolute Gasteiger partial charge is 0.416 e. The smallest absolute Gasteiger partial charge is 0.294 e. The van der Waals surface area contributed by atoms with E-state index in [1.54, 1.807) is 0 Å². The zero-order chi connectivity index (χ0) is 22.3. The lowest BCUT2D eigenvalue weighted by Crippen LogP contribution is -2.42. The summed E-state index contributed by atoms with van der Waals surface area (Å²) in [5.74, 6) is -4.75. The summed E-state index contributed by atoms with van der Waals surface area (Å²) in [6, 6.07) is 8.42. The number of carbonyl (C=O) groups excluding carboxylic acids is 1. The zero-order valence-corrected chi connectivity index (χ0v) is 16.1. The predicted octanol–water partition coefficient (Wildman–Crippen LogP) is 7.26. The van der Waals surface area contributed by atoms with Crippen molar-refractivity contribution in [1.29, 1.82) is 0 Å². The van der Waals surface area contributed by atoms with Crippen LogP contribution in [-0.2, 0) is 12.6 Å². The molecule has 0 aromatic heterocycles. The lowest BCUT2D eigenvalue weighted by molar-refractivity contribution is -0.153. The van der Waals surface area contributed by atoms with Gasteiger partial charge in [0.25, 0.3) is 0 Å². The van der Waals surface area contributed by atoms with Crippen molar-refractivity contribution in [3.05, 3.63) is 71.3 Å². The van der Waals surface area contributed by atoms with Gasteiger partial charge in [0, 0.05) is 23.3 Å². The number of halogens is 7. The Morgan fingerprint density at radius 1 is 1.03 bits per heavy atom. The van der Waals surface area contributed by atoms with Crippen LogP contribution < -0.4 is 0 Å². The highest BCUT2D eigenvalue weighted by Crippen LogP contribution is 2.53. The summed E-state index contributed by atoms with van der Waals surface area (Å²) in [6.45, 7) is 3.63. The van der Waals surface area contributed by atoms with Gasteiger partial charge in [0.15, 0.2) is 5.78 Å². The molecule has 1 nitrogen and oxygen atoms in total. The van der Waals surface area contributed by atoms with Gasteiger partial charge in [0.05, 0.1) is 5.56 Å². The molecule has 0 N–H and O–H groups in total. The van der Waals surface area contributed by atoms with Gasteiger partial charge in [-0.3, -0.25) is 4.79 Å². The molecule has 0 radical (unpaired) electrons. The molecule has 1 aliphatic rings. The summed E-state index contributed by atoms with van der Waals surface area (Å²) in [7, 11) is 0. The predicted molar refractivity (Wildman–Crippen MR) is 99.9 cm³/mol. The highest BCUT2D eigenvalue weighted by Gasteiger charge is 2.59. The minimum Gasteiger partial charge on any atom is -0.294 e. The Morgan fingerprint density at radius 3 is 2.37 bits per heavy atom. The number of allylic oxidation sites excluding steroid dienone is 1. The number of carbonyl (C=O) groups is 1. The van der Waals surface area contributed by atoms with E-state index in [-0.39, 0.29) is 51.8 Å². The number of hydrogen-bond donors (Lipinski definition) is 0. The van der Waals surface area contributed by atoms with Gasteiger partial charge in [-0.05, 0) is 53.1 Å². The van der Waals surface area contributed by atoms with Crippen molar-refractivity contribution in [3.8, 4) is 0 Å². The van der Waals surface area contributed by atoms with Gasteiger partial charge >= 0.3 is 17.4 Å². The van der Waals surface area contributed by atoms with Crippen LogP contribution in [0.1, 0.15) is 39.9 Å². The molecule has 2 aromatic carbocycles. The van der Waals surface area contributed by atoms with Gasteiger partial charge in [0.1, 0.15) is 0 Å². The van der Waals surface area contributed by atoms with Crippen molar-refractivity contribution in [3.63, 3.8) is 0 Å². The van der Waals surface area contributed by atoms with E-state index in [9.17, 15) is 35.5 Å². The van der Waals surface area contributed by atoms with E-state index in [4.69, 9.17) is 0 Å². The molecule has 1 aliphatic heterocycles. The van der Waals surface area contributed by atoms with Gasteiger partial charge in [-0.25, -0.2) is 0 Å². The third kappa shape index (κ3) is 4.40. The minimum absolute atomic E-state index is 0.0345. The number of rotatable bonds is 5. The van der Waals surface area contributed by atoms with E-state index >= 15 is 0 Å². The molecule has 2 aromatic rings. The molecule has 0 spiro atoms. The third-order valence-corrected chi connectivity index (χ3v) is 5.90. The maximum absolute atomic E-state index is 13.6. The second kappa shape index (κ2) is 7.76. The summed E-state index contributed by atoms with van der Waals surface area (Å²) >= 11 is -0.254. The summed E-state index contributed by atoms with van der Waals surface area (Å²) in [5, 5.41) is -4.24. The number of thioether (sulfide) groups is 1. The Balaban J connectivity index is 1.74. The first kappa shape index (κ1) is 22.4. The summed E-state index contributed by atoms with van der Waals surface area (Å²) < 4.78 is 93.5. The van der Waals surface area contributed by atoms with Crippen molar-refractivity contribution in [2.75, 3.05) is 0 Å². The van der Waals surface area contributed by atoms with E-state index in [0.717, 1.165) is 12.1 Å². The van der Waals surface area contributed by atoms with Crippen LogP contribution in [0.25, 0.3) is 5.57 Å². The van der Waals surface area contributed by atoms with Gasteiger partial charge in [-0.2, -0.15) is 30.7 Å². The van der Waals surface area contributed by atoms with Crippen LogP contribution in [0, 0.1) is 0 Å². The molecule has 0 amide bonds. The van der Waals surface area contributed by atoms with Crippen LogP contribution >= 0.6 is 11.8 Å². The van der Waals surface area contributed by atoms with Crippen LogP contribution in [0.3, 0.4) is 0 Å². The molecule has 3 rings (SSSR count). The Kier molecular flexibility index (Phi) is 5.79. The van der Waals surface area contributed by atoms with Crippen LogP contribution in [0.4, 0.5) is 30.7 Å². The maximum atomic E-state index is 13.6. The van der Waals surface area contributed by atoms with Crippen molar-refractivity contribution < 1.29 is 35.5 Å². The molecule has 1 heterocycles. The van der Waals surface area contributed by atoms with Crippen molar-refractivity contribution in [2.24, 2.45) is 0 Å². The molecule has 0 saturated heterocycles. The number of hydrogen-bond acceptors (Lipinski definition) is 2. The van der Waals surface area contributed by atoms with Gasteiger partial charge in [-0.1, -0.05) is 30.8 Å². The third-order valence-electron chi connectivity index (χ3n) is 4.73. The van der Waals surface area contributed by atoms with Crippen molar-refractivity contribution >= 4 is 23.1 Å². The lowest BCUT2D eigenvalue weighted by atomic mass is 9.94. The molecule has 0 unspecified atom stereocenters. The Bertz CT molecular complexity index is 995. The molecule has 0 fully saturated rings. The maximum Gasteiger partial charge on any atom is 0.416 e. The lowest BCUT2D eigenvalue weighted by Gasteiger charge is -2.31. The molecular formula is C21H15F7OS. The van der Waals surface area contributed by atoms with E-state index in [2.05, 4.69) is 6.58 Å². The molecule has 0 saturated carbocycles. The second-order valence-electron chi connectivity index (χ2n) is 6.89. The van der Waals surface area contributed by atoms with Crippen LogP contribution in [0.5, 0.6) is 0 Å². The van der Waals surface area contributed by atoms with E-state index in [1.165, 1.54) is 30.3 Å². The normalized spacial score (nSPS) is 17.3. The fraction of sp³-hybridized carbons (Fsp3) is 0.286. The van der Waals surface area contributed by atoms with Crippen LogP contribution in [-0.4, -0.2) is 17.0 Å². The molecular weight excluding hydrogens is 433 g/mol.